The number of hydrogen-bond acceptors (Lipinski definition) is 1. The van der Waals surface area contributed by atoms with Crippen LogP contribution in [0.5, 0.6) is 0 Å². The van der Waals surface area contributed by atoms with Crippen LogP contribution < -0.4 is 0 Å². The minimum Gasteiger partial charge on any atom is -0.407 e. The SMILES string of the molecule is C[Si](C)(OC1C=Cc2ccccc21)C1CCC2C=CC=CC21. The average molecular weight is 308 g/mol. The lowest BCUT2D eigenvalue weighted by Crippen LogP contribution is -2.39. The average Bonchev–Trinajstić information content (AvgIpc) is 3.12. The molecule has 1 fully saturated rings. The highest BCUT2D eigenvalue weighted by molar-refractivity contribution is 6.72. The van der Waals surface area contributed by atoms with Crippen molar-refractivity contribution in [3.63, 3.8) is 0 Å². The monoisotopic (exact) mass is 308 g/mol. The van der Waals surface area contributed by atoms with Gasteiger partial charge < -0.3 is 4.43 Å². The summed E-state index contributed by atoms with van der Waals surface area (Å²) in [5, 5.41) is 0. The van der Waals surface area contributed by atoms with Crippen LogP contribution in [0.3, 0.4) is 0 Å². The van der Waals surface area contributed by atoms with Crippen molar-refractivity contribution in [2.45, 2.75) is 37.6 Å². The van der Waals surface area contributed by atoms with E-state index in [1.807, 2.05) is 0 Å². The molecule has 0 N–H and O–H groups in total. The number of rotatable bonds is 3. The molecule has 22 heavy (non-hydrogen) atoms. The van der Waals surface area contributed by atoms with Gasteiger partial charge in [0, 0.05) is 0 Å². The molecule has 0 aromatic heterocycles. The summed E-state index contributed by atoms with van der Waals surface area (Å²) in [6.45, 7) is 4.84. The van der Waals surface area contributed by atoms with E-state index in [1.54, 1.807) is 0 Å². The molecule has 1 nitrogen and oxygen atoms in total. The van der Waals surface area contributed by atoms with Gasteiger partial charge in [0.2, 0.25) is 0 Å². The summed E-state index contributed by atoms with van der Waals surface area (Å²) in [7, 11) is -1.75. The Bertz CT molecular complexity index is 655. The maximum Gasteiger partial charge on any atom is 0.191 e. The van der Waals surface area contributed by atoms with Gasteiger partial charge in [-0.15, -0.1) is 0 Å². The van der Waals surface area contributed by atoms with E-state index in [9.17, 15) is 0 Å². The molecule has 1 aromatic rings. The van der Waals surface area contributed by atoms with E-state index in [1.165, 1.54) is 24.0 Å². The molecule has 1 aromatic carbocycles. The van der Waals surface area contributed by atoms with Crippen molar-refractivity contribution in [2.75, 3.05) is 0 Å². The predicted molar refractivity (Wildman–Crippen MR) is 95.0 cm³/mol. The van der Waals surface area contributed by atoms with Gasteiger partial charge in [-0.1, -0.05) is 60.7 Å². The molecule has 4 unspecified atom stereocenters. The van der Waals surface area contributed by atoms with Gasteiger partial charge in [0.1, 0.15) is 0 Å². The van der Waals surface area contributed by atoms with E-state index in [0.29, 0.717) is 5.92 Å². The van der Waals surface area contributed by atoms with Crippen molar-refractivity contribution < 1.29 is 4.43 Å². The van der Waals surface area contributed by atoms with Gasteiger partial charge in [0.25, 0.3) is 0 Å². The summed E-state index contributed by atoms with van der Waals surface area (Å²) in [5.74, 6) is 1.45. The molecule has 0 spiro atoms. The highest BCUT2D eigenvalue weighted by atomic mass is 28.4. The van der Waals surface area contributed by atoms with Crippen LogP contribution in [0, 0.1) is 11.8 Å². The van der Waals surface area contributed by atoms with Crippen LogP contribution in [0.2, 0.25) is 18.6 Å². The zero-order valence-electron chi connectivity index (χ0n) is 13.4. The Balaban J connectivity index is 1.54. The fourth-order valence-corrected chi connectivity index (χ4v) is 7.68. The molecule has 3 aliphatic rings. The second kappa shape index (κ2) is 5.36. The van der Waals surface area contributed by atoms with Gasteiger partial charge in [-0.2, -0.15) is 0 Å². The summed E-state index contributed by atoms with van der Waals surface area (Å²) < 4.78 is 6.75. The number of hydrogen-bond donors (Lipinski definition) is 0. The highest BCUT2D eigenvalue weighted by Gasteiger charge is 2.46. The van der Waals surface area contributed by atoms with Crippen molar-refractivity contribution >= 4 is 14.4 Å². The van der Waals surface area contributed by atoms with Crippen LogP contribution in [0.1, 0.15) is 30.1 Å². The molecule has 114 valence electrons. The molecule has 4 rings (SSSR count). The Kier molecular flexibility index (Phi) is 3.47. The summed E-state index contributed by atoms with van der Waals surface area (Å²) in [6, 6.07) is 8.63. The smallest absolute Gasteiger partial charge is 0.191 e. The van der Waals surface area contributed by atoms with Crippen LogP contribution >= 0.6 is 0 Å². The first kappa shape index (κ1) is 14.2. The molecular weight excluding hydrogens is 284 g/mol. The van der Waals surface area contributed by atoms with Gasteiger partial charge in [0.05, 0.1) is 6.10 Å². The predicted octanol–water partition coefficient (Wildman–Crippen LogP) is 5.50. The van der Waals surface area contributed by atoms with Crippen LogP contribution in [-0.4, -0.2) is 8.32 Å². The first-order valence-corrected chi connectivity index (χ1v) is 11.4. The van der Waals surface area contributed by atoms with Crippen molar-refractivity contribution in [2.24, 2.45) is 11.8 Å². The van der Waals surface area contributed by atoms with E-state index in [-0.39, 0.29) is 6.10 Å². The third kappa shape index (κ3) is 2.35. The third-order valence-corrected chi connectivity index (χ3v) is 8.97. The summed E-state index contributed by atoms with van der Waals surface area (Å²) in [6.07, 6.45) is 16.5. The number of allylic oxidation sites excluding steroid dienone is 4. The minimum atomic E-state index is -1.75. The van der Waals surface area contributed by atoms with Crippen LogP contribution in [0.4, 0.5) is 0 Å². The fraction of sp³-hybridized carbons (Fsp3) is 0.400. The maximum atomic E-state index is 6.75. The van der Waals surface area contributed by atoms with E-state index < -0.39 is 8.32 Å². The van der Waals surface area contributed by atoms with Crippen LogP contribution in [-0.2, 0) is 4.43 Å². The lowest BCUT2D eigenvalue weighted by atomic mass is 9.92. The molecule has 0 radical (unpaired) electrons. The molecule has 2 heteroatoms. The Morgan fingerprint density at radius 3 is 2.73 bits per heavy atom. The lowest BCUT2D eigenvalue weighted by molar-refractivity contribution is 0.236. The van der Waals surface area contributed by atoms with Crippen molar-refractivity contribution in [3.8, 4) is 0 Å². The second-order valence-corrected chi connectivity index (χ2v) is 11.5. The molecule has 4 atom stereocenters. The van der Waals surface area contributed by atoms with Crippen LogP contribution in [0.15, 0.2) is 54.6 Å². The Morgan fingerprint density at radius 2 is 1.82 bits per heavy atom. The fourth-order valence-electron chi connectivity index (χ4n) is 4.50. The molecule has 0 aliphatic heterocycles. The molecule has 0 saturated heterocycles. The summed E-state index contributed by atoms with van der Waals surface area (Å²) in [4.78, 5) is 0. The van der Waals surface area contributed by atoms with E-state index in [0.717, 1.165) is 11.5 Å². The third-order valence-electron chi connectivity index (χ3n) is 5.65. The normalized spacial score (nSPS) is 32.3. The largest absolute Gasteiger partial charge is 0.407 e. The zero-order valence-corrected chi connectivity index (χ0v) is 14.4. The lowest BCUT2D eigenvalue weighted by Gasteiger charge is -2.36. The van der Waals surface area contributed by atoms with Crippen molar-refractivity contribution in [1.82, 2.24) is 0 Å². The summed E-state index contributed by atoms with van der Waals surface area (Å²) in [5.41, 5.74) is 3.40. The second-order valence-electron chi connectivity index (χ2n) is 7.32. The molecule has 0 bridgehead atoms. The minimum absolute atomic E-state index is 0.167. The van der Waals surface area contributed by atoms with Gasteiger partial charge >= 0.3 is 0 Å². The summed E-state index contributed by atoms with van der Waals surface area (Å²) >= 11 is 0. The standard InChI is InChI=1S/C20H24OSi/c1-22(2,20-14-12-16-8-4-6-10-18(16)20)21-19-13-11-15-7-3-5-9-17(15)19/h3-11,13,16,18-20H,12,14H2,1-2H3. The van der Waals surface area contributed by atoms with E-state index in [2.05, 4.69) is 73.8 Å². The molecule has 3 aliphatic carbocycles. The molecular formula is C20H24OSi. The van der Waals surface area contributed by atoms with Crippen molar-refractivity contribution in [3.05, 3.63) is 65.8 Å². The van der Waals surface area contributed by atoms with Crippen molar-refractivity contribution in [1.29, 1.82) is 0 Å². The topological polar surface area (TPSA) is 9.23 Å². The first-order chi connectivity index (χ1) is 10.6. The zero-order chi connectivity index (χ0) is 15.2. The van der Waals surface area contributed by atoms with Gasteiger partial charge in [-0.05, 0) is 54.4 Å². The Morgan fingerprint density at radius 1 is 1.00 bits per heavy atom. The number of benzene rings is 1. The Labute approximate surface area is 134 Å². The van der Waals surface area contributed by atoms with Gasteiger partial charge in [-0.25, -0.2) is 0 Å². The van der Waals surface area contributed by atoms with E-state index >= 15 is 0 Å². The molecule has 1 saturated carbocycles. The molecule has 0 heterocycles. The first-order valence-electron chi connectivity index (χ1n) is 8.45. The van der Waals surface area contributed by atoms with Crippen LogP contribution in [0.25, 0.3) is 6.08 Å². The maximum absolute atomic E-state index is 6.75. The van der Waals surface area contributed by atoms with Gasteiger partial charge in [0.15, 0.2) is 8.32 Å². The Hall–Kier alpha value is -1.38. The number of fused-ring (bicyclic) bond motifs is 2. The van der Waals surface area contributed by atoms with E-state index in [4.69, 9.17) is 4.43 Å². The quantitative estimate of drug-likeness (QED) is 0.670. The van der Waals surface area contributed by atoms with Gasteiger partial charge in [-0.3, -0.25) is 0 Å². The molecule has 0 amide bonds. The highest BCUT2D eigenvalue weighted by Crippen LogP contribution is 2.51.